The van der Waals surface area contributed by atoms with Crippen LogP contribution in [0.2, 0.25) is 5.02 Å². The topological polar surface area (TPSA) is 50.7 Å². The molecule has 30 heavy (non-hydrogen) atoms. The van der Waals surface area contributed by atoms with E-state index in [1.807, 2.05) is 72.8 Å². The average molecular weight is 453 g/mol. The van der Waals surface area contributed by atoms with Crippen molar-refractivity contribution in [3.8, 4) is 5.75 Å². The van der Waals surface area contributed by atoms with Crippen molar-refractivity contribution in [2.45, 2.75) is 9.10 Å². The molecular formula is C23H17ClN2O2S2. The molecule has 1 heterocycles. The van der Waals surface area contributed by atoms with E-state index in [-0.39, 0.29) is 5.91 Å². The lowest BCUT2D eigenvalue weighted by Gasteiger charge is -2.09. The van der Waals surface area contributed by atoms with Gasteiger partial charge in [0.1, 0.15) is 5.75 Å². The monoisotopic (exact) mass is 452 g/mol. The molecule has 0 radical (unpaired) electrons. The third-order valence-corrected chi connectivity index (χ3v) is 6.72. The molecule has 0 saturated carbocycles. The maximum absolute atomic E-state index is 12.6. The number of rotatable bonds is 6. The Morgan fingerprint density at radius 3 is 2.53 bits per heavy atom. The van der Waals surface area contributed by atoms with Crippen molar-refractivity contribution in [2.75, 3.05) is 7.11 Å². The number of benzene rings is 3. The van der Waals surface area contributed by atoms with Gasteiger partial charge in [0, 0.05) is 14.8 Å². The summed E-state index contributed by atoms with van der Waals surface area (Å²) in [6, 6.07) is 23.2. The minimum Gasteiger partial charge on any atom is -0.496 e. The van der Waals surface area contributed by atoms with E-state index in [1.165, 1.54) is 0 Å². The number of carbonyl (C=O) groups excluding carboxylic acids is 1. The third-order valence-electron chi connectivity index (χ3n) is 4.30. The Bertz CT molecular complexity index is 1220. The summed E-state index contributed by atoms with van der Waals surface area (Å²) in [5, 5.41) is 6.81. The summed E-state index contributed by atoms with van der Waals surface area (Å²) in [6.45, 7) is 0. The molecule has 0 saturated heterocycles. The van der Waals surface area contributed by atoms with Gasteiger partial charge in [-0.3, -0.25) is 4.79 Å². The van der Waals surface area contributed by atoms with Crippen LogP contribution < -0.4 is 10.2 Å². The number of halogens is 1. The van der Waals surface area contributed by atoms with Crippen LogP contribution in [0, 0.1) is 0 Å². The van der Waals surface area contributed by atoms with Gasteiger partial charge in [0.25, 0.3) is 5.91 Å². The smallest absolute Gasteiger partial charge is 0.275 e. The summed E-state index contributed by atoms with van der Waals surface area (Å²) in [5.74, 6) is 0.195. The minimum absolute atomic E-state index is 0.318. The van der Waals surface area contributed by atoms with Gasteiger partial charge in [0.15, 0.2) is 0 Å². The number of carbonyl (C=O) groups is 1. The zero-order chi connectivity index (χ0) is 20.9. The second kappa shape index (κ2) is 9.34. The number of methoxy groups -OCH3 is 1. The maximum Gasteiger partial charge on any atom is 0.275 e. The normalized spacial score (nSPS) is 11.1. The molecule has 4 rings (SSSR count). The van der Waals surface area contributed by atoms with Crippen LogP contribution in [0.25, 0.3) is 10.8 Å². The summed E-state index contributed by atoms with van der Waals surface area (Å²) in [7, 11) is 1.55. The summed E-state index contributed by atoms with van der Waals surface area (Å²) in [5.41, 5.74) is 3.03. The van der Waals surface area contributed by atoms with Gasteiger partial charge in [-0.2, -0.15) is 5.10 Å². The first-order valence-corrected chi connectivity index (χ1v) is 11.1. The summed E-state index contributed by atoms with van der Waals surface area (Å²) < 4.78 is 6.51. The van der Waals surface area contributed by atoms with E-state index in [2.05, 4.69) is 10.5 Å². The van der Waals surface area contributed by atoms with Crippen LogP contribution in [0.15, 0.2) is 87.0 Å². The number of nitrogens with one attached hydrogen (secondary N) is 1. The zero-order valence-electron chi connectivity index (χ0n) is 16.0. The van der Waals surface area contributed by atoms with Crippen LogP contribution >= 0.6 is 34.7 Å². The van der Waals surface area contributed by atoms with E-state index >= 15 is 0 Å². The van der Waals surface area contributed by atoms with Crippen molar-refractivity contribution < 1.29 is 9.53 Å². The molecule has 0 atom stereocenters. The minimum atomic E-state index is -0.318. The van der Waals surface area contributed by atoms with Crippen LogP contribution in [0.3, 0.4) is 0 Å². The number of amides is 1. The van der Waals surface area contributed by atoms with Crippen molar-refractivity contribution in [1.82, 2.24) is 5.43 Å². The highest BCUT2D eigenvalue weighted by Crippen LogP contribution is 2.33. The van der Waals surface area contributed by atoms with Crippen molar-refractivity contribution in [2.24, 2.45) is 5.10 Å². The molecule has 1 N–H and O–H groups in total. The maximum atomic E-state index is 12.6. The van der Waals surface area contributed by atoms with Crippen LogP contribution in [0.1, 0.15) is 15.2 Å². The Balaban J connectivity index is 1.43. The van der Waals surface area contributed by atoms with Gasteiger partial charge in [-0.15, -0.1) is 11.3 Å². The number of thiophene rings is 1. The molecule has 0 unspecified atom stereocenters. The summed E-state index contributed by atoms with van der Waals surface area (Å²) >= 11 is 9.17. The molecule has 3 aromatic carbocycles. The van der Waals surface area contributed by atoms with E-state index in [1.54, 1.807) is 36.4 Å². The Hall–Kier alpha value is -2.80. The lowest BCUT2D eigenvalue weighted by Crippen LogP contribution is -2.18. The van der Waals surface area contributed by atoms with Crippen molar-refractivity contribution >= 4 is 57.6 Å². The molecule has 1 aromatic heterocycles. The van der Waals surface area contributed by atoms with Crippen LogP contribution in [-0.2, 0) is 0 Å². The Labute approximate surface area is 187 Å². The number of hydrogen-bond donors (Lipinski definition) is 1. The highest BCUT2D eigenvalue weighted by molar-refractivity contribution is 8.01. The van der Waals surface area contributed by atoms with Gasteiger partial charge in [0.2, 0.25) is 0 Å². The first-order valence-electron chi connectivity index (χ1n) is 9.06. The molecule has 150 valence electrons. The molecule has 4 nitrogen and oxygen atoms in total. The van der Waals surface area contributed by atoms with Crippen LogP contribution in [0.5, 0.6) is 5.75 Å². The van der Waals surface area contributed by atoms with E-state index in [4.69, 9.17) is 16.3 Å². The highest BCUT2D eigenvalue weighted by Gasteiger charge is 2.13. The molecule has 0 fully saturated rings. The van der Waals surface area contributed by atoms with Gasteiger partial charge in [-0.25, -0.2) is 5.43 Å². The van der Waals surface area contributed by atoms with E-state index in [0.717, 1.165) is 29.8 Å². The molecule has 0 aliphatic heterocycles. The Morgan fingerprint density at radius 2 is 1.80 bits per heavy atom. The molecule has 0 aliphatic carbocycles. The van der Waals surface area contributed by atoms with Crippen molar-refractivity contribution in [3.63, 3.8) is 0 Å². The molecule has 0 spiro atoms. The molecule has 4 aromatic rings. The number of ether oxygens (including phenoxy) is 1. The lowest BCUT2D eigenvalue weighted by molar-refractivity contribution is 0.0952. The Kier molecular flexibility index (Phi) is 6.38. The molecule has 0 bridgehead atoms. The fourth-order valence-electron chi connectivity index (χ4n) is 2.86. The largest absolute Gasteiger partial charge is 0.496 e. The van der Waals surface area contributed by atoms with Gasteiger partial charge < -0.3 is 4.74 Å². The van der Waals surface area contributed by atoms with E-state index in [9.17, 15) is 4.79 Å². The van der Waals surface area contributed by atoms with Crippen molar-refractivity contribution in [1.29, 1.82) is 0 Å². The first kappa shape index (κ1) is 20.5. The Morgan fingerprint density at radius 1 is 1.07 bits per heavy atom. The summed E-state index contributed by atoms with van der Waals surface area (Å²) in [4.78, 5) is 14.7. The SMILES string of the molecule is COc1cc2ccccc2cc1C(=O)NN=Cc1ccc(Sc2ccc(Cl)cc2)s1. The standard InChI is InChI=1S/C23H17ClN2O2S2/c1-28-21-13-16-5-3-2-4-15(16)12-20(21)23(27)26-25-14-19-10-11-22(30-19)29-18-8-6-17(24)7-9-18/h2-14H,1H3,(H,26,27). The van der Waals surface area contributed by atoms with Gasteiger partial charge >= 0.3 is 0 Å². The van der Waals surface area contributed by atoms with Gasteiger partial charge in [-0.05, 0) is 59.3 Å². The second-order valence-electron chi connectivity index (χ2n) is 6.31. The predicted octanol–water partition coefficient (Wildman–Crippen LogP) is 6.48. The van der Waals surface area contributed by atoms with Crippen LogP contribution in [-0.4, -0.2) is 19.2 Å². The van der Waals surface area contributed by atoms with Crippen LogP contribution in [0.4, 0.5) is 0 Å². The van der Waals surface area contributed by atoms with Gasteiger partial charge in [-0.1, -0.05) is 47.6 Å². The zero-order valence-corrected chi connectivity index (χ0v) is 18.4. The molecule has 7 heteroatoms. The third kappa shape index (κ3) is 4.84. The fraction of sp³-hybridized carbons (Fsp3) is 0.0435. The van der Waals surface area contributed by atoms with E-state index in [0.29, 0.717) is 11.3 Å². The molecule has 1 amide bonds. The fourth-order valence-corrected chi connectivity index (χ4v) is 4.98. The number of hydrazone groups is 1. The number of fused-ring (bicyclic) bond motifs is 1. The first-order chi connectivity index (χ1) is 14.6. The molecular weight excluding hydrogens is 436 g/mol. The second-order valence-corrected chi connectivity index (χ2v) is 9.24. The summed E-state index contributed by atoms with van der Waals surface area (Å²) in [6.07, 6.45) is 1.64. The predicted molar refractivity (Wildman–Crippen MR) is 125 cm³/mol. The highest BCUT2D eigenvalue weighted by atomic mass is 35.5. The lowest BCUT2D eigenvalue weighted by atomic mass is 10.1. The quantitative estimate of drug-likeness (QED) is 0.269. The van der Waals surface area contributed by atoms with Crippen molar-refractivity contribution in [3.05, 3.63) is 88.3 Å². The van der Waals surface area contributed by atoms with E-state index < -0.39 is 0 Å². The number of hydrogen-bond acceptors (Lipinski definition) is 5. The molecule has 0 aliphatic rings. The average Bonchev–Trinajstić information content (AvgIpc) is 3.21. The van der Waals surface area contributed by atoms with Gasteiger partial charge in [0.05, 0.1) is 23.1 Å². The number of nitrogens with zero attached hydrogens (tertiary/aromatic N) is 1.